The molecule has 0 fully saturated rings. The summed E-state index contributed by atoms with van der Waals surface area (Å²) in [5, 5.41) is 4.59. The van der Waals surface area contributed by atoms with E-state index < -0.39 is 12.1 Å². The summed E-state index contributed by atoms with van der Waals surface area (Å²) in [6, 6.07) is 19.1. The zero-order valence-electron chi connectivity index (χ0n) is 21.4. The van der Waals surface area contributed by atoms with Gasteiger partial charge in [-0.2, -0.15) is 0 Å². The highest BCUT2D eigenvalue weighted by Crippen LogP contribution is 2.40. The standard InChI is InChI=1S/C29H28ClN3O6/c1-36-14-15-37-16-17-38-22-7-2-19(3-8-22)28-27-24(25-18-20(30)4-11-26(25)31-27)12-13-33(28)29(34)39-23-9-5-21(32-35)6-10-23/h2-11,18,28,31H,12-17H2,1H3. The molecule has 1 aromatic heterocycles. The van der Waals surface area contributed by atoms with Gasteiger partial charge in [0, 0.05) is 35.3 Å². The van der Waals surface area contributed by atoms with Gasteiger partial charge in [-0.05, 0) is 77.3 Å². The molecule has 1 unspecified atom stereocenters. The van der Waals surface area contributed by atoms with Gasteiger partial charge in [-0.25, -0.2) is 4.79 Å². The molecule has 0 spiro atoms. The van der Waals surface area contributed by atoms with E-state index in [0.29, 0.717) is 55.9 Å². The molecule has 1 amide bonds. The van der Waals surface area contributed by atoms with Crippen LogP contribution in [0, 0.1) is 4.91 Å². The van der Waals surface area contributed by atoms with Gasteiger partial charge >= 0.3 is 6.09 Å². The van der Waals surface area contributed by atoms with Gasteiger partial charge in [0.1, 0.15) is 29.8 Å². The highest BCUT2D eigenvalue weighted by molar-refractivity contribution is 6.31. The summed E-state index contributed by atoms with van der Waals surface area (Å²) in [6.45, 7) is 2.37. The summed E-state index contributed by atoms with van der Waals surface area (Å²) < 4.78 is 21.9. The summed E-state index contributed by atoms with van der Waals surface area (Å²) in [6.07, 6.45) is 0.141. The summed E-state index contributed by atoms with van der Waals surface area (Å²) in [7, 11) is 1.63. The first-order valence-corrected chi connectivity index (χ1v) is 13.0. The van der Waals surface area contributed by atoms with Crippen LogP contribution < -0.4 is 9.47 Å². The second-order valence-corrected chi connectivity index (χ2v) is 9.47. The van der Waals surface area contributed by atoms with Gasteiger partial charge in [-0.3, -0.25) is 4.90 Å². The zero-order valence-corrected chi connectivity index (χ0v) is 22.1. The van der Waals surface area contributed by atoms with Gasteiger partial charge in [0.05, 0.1) is 19.8 Å². The molecule has 202 valence electrons. The van der Waals surface area contributed by atoms with Crippen LogP contribution in [0.1, 0.15) is 22.9 Å². The number of fused-ring (bicyclic) bond motifs is 3. The molecule has 1 aliphatic heterocycles. The molecule has 0 saturated heterocycles. The Bertz CT molecular complexity index is 1440. The van der Waals surface area contributed by atoms with Crippen molar-refractivity contribution in [2.75, 3.05) is 40.1 Å². The third-order valence-electron chi connectivity index (χ3n) is 6.59. The van der Waals surface area contributed by atoms with Crippen molar-refractivity contribution in [3.05, 3.63) is 93.5 Å². The number of nitrogens with zero attached hydrogens (tertiary/aromatic N) is 2. The van der Waals surface area contributed by atoms with Gasteiger partial charge < -0.3 is 23.9 Å². The molecule has 39 heavy (non-hydrogen) atoms. The Morgan fingerprint density at radius 2 is 1.74 bits per heavy atom. The number of nitrogens with one attached hydrogen (secondary N) is 1. The van der Waals surface area contributed by atoms with Crippen LogP contribution in [0.3, 0.4) is 0 Å². The maximum atomic E-state index is 13.4. The van der Waals surface area contributed by atoms with Crippen LogP contribution in [0.4, 0.5) is 10.5 Å². The molecule has 2 heterocycles. The first-order valence-electron chi connectivity index (χ1n) is 12.6. The quantitative estimate of drug-likeness (QED) is 0.181. The number of nitroso groups, excluding NO2 is 1. The number of amides is 1. The minimum atomic E-state index is -0.498. The molecule has 5 rings (SSSR count). The molecule has 0 saturated carbocycles. The first-order chi connectivity index (χ1) is 19.1. The van der Waals surface area contributed by atoms with E-state index in [1.807, 2.05) is 42.5 Å². The van der Waals surface area contributed by atoms with Crippen molar-refractivity contribution in [3.8, 4) is 11.5 Å². The Hall–Kier alpha value is -3.92. The lowest BCUT2D eigenvalue weighted by molar-refractivity contribution is 0.0544. The van der Waals surface area contributed by atoms with Gasteiger partial charge in [0.25, 0.3) is 0 Å². The SMILES string of the molecule is COCCOCCOc1ccc(C2c3[nH]c4ccc(Cl)cc4c3CCN2C(=O)Oc2ccc(N=O)cc2)cc1. The number of rotatable bonds is 10. The smallest absolute Gasteiger partial charge is 0.416 e. The Balaban J connectivity index is 1.40. The monoisotopic (exact) mass is 549 g/mol. The van der Waals surface area contributed by atoms with Crippen molar-refractivity contribution in [3.63, 3.8) is 0 Å². The molecular weight excluding hydrogens is 522 g/mol. The number of methoxy groups -OCH3 is 1. The lowest BCUT2D eigenvalue weighted by Crippen LogP contribution is -2.42. The van der Waals surface area contributed by atoms with Gasteiger partial charge in [0.2, 0.25) is 0 Å². The predicted molar refractivity (Wildman–Crippen MR) is 148 cm³/mol. The third-order valence-corrected chi connectivity index (χ3v) is 6.83. The third kappa shape index (κ3) is 6.06. The number of aromatic amines is 1. The van der Waals surface area contributed by atoms with Crippen LogP contribution in [0.2, 0.25) is 5.02 Å². The van der Waals surface area contributed by atoms with Crippen LogP contribution in [-0.2, 0) is 15.9 Å². The first kappa shape index (κ1) is 26.7. The van der Waals surface area contributed by atoms with Crippen molar-refractivity contribution in [2.24, 2.45) is 5.18 Å². The van der Waals surface area contributed by atoms with E-state index in [2.05, 4.69) is 10.2 Å². The zero-order chi connectivity index (χ0) is 27.2. The maximum Gasteiger partial charge on any atom is 0.416 e. The fraction of sp³-hybridized carbons (Fsp3) is 0.276. The van der Waals surface area contributed by atoms with Gasteiger partial charge in [-0.1, -0.05) is 23.7 Å². The van der Waals surface area contributed by atoms with Crippen molar-refractivity contribution >= 4 is 34.3 Å². The molecule has 4 aromatic rings. The Morgan fingerprint density at radius 1 is 1.00 bits per heavy atom. The highest BCUT2D eigenvalue weighted by atomic mass is 35.5. The molecule has 0 radical (unpaired) electrons. The number of carbonyl (C=O) groups is 1. The maximum absolute atomic E-state index is 13.4. The van der Waals surface area contributed by atoms with E-state index in [1.54, 1.807) is 24.1 Å². The number of hydrogen-bond donors (Lipinski definition) is 1. The van der Waals surface area contributed by atoms with Gasteiger partial charge in [0.15, 0.2) is 0 Å². The van der Waals surface area contributed by atoms with Crippen LogP contribution >= 0.6 is 11.6 Å². The summed E-state index contributed by atoms with van der Waals surface area (Å²) in [5.41, 5.74) is 4.15. The summed E-state index contributed by atoms with van der Waals surface area (Å²) in [4.78, 5) is 29.4. The number of carbonyl (C=O) groups excluding carboxylic acids is 1. The second kappa shape index (κ2) is 12.3. The van der Waals surface area contributed by atoms with E-state index in [4.69, 9.17) is 30.5 Å². The minimum absolute atomic E-state index is 0.260. The van der Waals surface area contributed by atoms with Crippen LogP contribution in [-0.4, -0.2) is 56.1 Å². The fourth-order valence-electron chi connectivity index (χ4n) is 4.75. The Morgan fingerprint density at radius 3 is 2.49 bits per heavy atom. The number of H-pyrrole nitrogens is 1. The molecule has 10 heteroatoms. The molecule has 1 aliphatic rings. The van der Waals surface area contributed by atoms with Crippen LogP contribution in [0.15, 0.2) is 71.9 Å². The number of halogens is 1. The van der Waals surface area contributed by atoms with Gasteiger partial charge in [-0.15, -0.1) is 4.91 Å². The van der Waals surface area contributed by atoms with E-state index in [0.717, 1.165) is 27.7 Å². The molecule has 1 atom stereocenters. The average Bonchev–Trinajstić information content (AvgIpc) is 3.33. The number of aromatic nitrogens is 1. The van der Waals surface area contributed by atoms with Crippen molar-refractivity contribution in [1.82, 2.24) is 9.88 Å². The molecule has 0 aliphatic carbocycles. The van der Waals surface area contributed by atoms with Crippen molar-refractivity contribution in [1.29, 1.82) is 0 Å². The van der Waals surface area contributed by atoms with Crippen LogP contribution in [0.5, 0.6) is 11.5 Å². The van der Waals surface area contributed by atoms with Crippen molar-refractivity contribution < 1.29 is 23.7 Å². The lowest BCUT2D eigenvalue weighted by Gasteiger charge is -2.35. The Labute approximate surface area is 230 Å². The van der Waals surface area contributed by atoms with E-state index in [1.165, 1.54) is 12.1 Å². The second-order valence-electron chi connectivity index (χ2n) is 9.03. The van der Waals surface area contributed by atoms with E-state index in [-0.39, 0.29) is 5.69 Å². The number of benzene rings is 3. The highest BCUT2D eigenvalue weighted by Gasteiger charge is 2.35. The average molecular weight is 550 g/mol. The molecule has 3 aromatic carbocycles. The normalized spacial score (nSPS) is 14.7. The largest absolute Gasteiger partial charge is 0.491 e. The predicted octanol–water partition coefficient (Wildman–Crippen LogP) is 6.41. The Kier molecular flexibility index (Phi) is 8.41. The van der Waals surface area contributed by atoms with Crippen LogP contribution in [0.25, 0.3) is 10.9 Å². The fourth-order valence-corrected chi connectivity index (χ4v) is 4.92. The van der Waals surface area contributed by atoms with E-state index in [9.17, 15) is 9.70 Å². The number of hydrogen-bond acceptors (Lipinski definition) is 7. The van der Waals surface area contributed by atoms with E-state index >= 15 is 0 Å². The van der Waals surface area contributed by atoms with Crippen molar-refractivity contribution in [2.45, 2.75) is 12.5 Å². The molecule has 1 N–H and O–H groups in total. The minimum Gasteiger partial charge on any atom is -0.491 e. The summed E-state index contributed by atoms with van der Waals surface area (Å²) in [5.74, 6) is 1.03. The molecular formula is C29H28ClN3O6. The molecule has 0 bridgehead atoms. The topological polar surface area (TPSA) is 102 Å². The molecule has 9 nitrogen and oxygen atoms in total. The number of ether oxygens (including phenoxy) is 4. The lowest BCUT2D eigenvalue weighted by atomic mass is 9.92. The summed E-state index contributed by atoms with van der Waals surface area (Å²) >= 11 is 6.30.